The zero-order valence-electron chi connectivity index (χ0n) is 14.5. The van der Waals surface area contributed by atoms with Gasteiger partial charge in [-0.1, -0.05) is 42.6 Å². The van der Waals surface area contributed by atoms with Gasteiger partial charge in [0, 0.05) is 12.6 Å². The molecule has 5 nitrogen and oxygen atoms in total. The van der Waals surface area contributed by atoms with Crippen LogP contribution >= 0.6 is 23.2 Å². The molecule has 0 aliphatic rings. The van der Waals surface area contributed by atoms with Gasteiger partial charge in [0.15, 0.2) is 0 Å². The zero-order chi connectivity index (χ0) is 18.6. The molecular weight excluding hydrogens is 361 g/mol. The Hall–Kier alpha value is -1.85. The van der Waals surface area contributed by atoms with Gasteiger partial charge in [-0.25, -0.2) is 4.68 Å². The zero-order valence-corrected chi connectivity index (χ0v) is 16.0. The summed E-state index contributed by atoms with van der Waals surface area (Å²) in [6.07, 6.45) is 1.77. The second kappa shape index (κ2) is 8.02. The van der Waals surface area contributed by atoms with Crippen molar-refractivity contribution in [3.8, 4) is 0 Å². The number of carbonyl (C=O) groups is 1. The minimum Gasteiger partial charge on any atom is -0.342 e. The number of nitrogens with zero attached hydrogens (tertiary/aromatic N) is 2. The number of amides is 1. The highest BCUT2D eigenvalue weighted by molar-refractivity contribution is 6.42. The normalized spacial score (nSPS) is 11.4. The first kappa shape index (κ1) is 19.5. The van der Waals surface area contributed by atoms with Crippen molar-refractivity contribution in [2.45, 2.75) is 45.7 Å². The van der Waals surface area contributed by atoms with E-state index in [1.54, 1.807) is 12.1 Å². The summed E-state index contributed by atoms with van der Waals surface area (Å²) in [6, 6.07) is 8.02. The minimum absolute atomic E-state index is 0.198. The van der Waals surface area contributed by atoms with E-state index in [2.05, 4.69) is 10.4 Å². The first-order valence-electron chi connectivity index (χ1n) is 8.11. The Labute approximate surface area is 157 Å². The van der Waals surface area contributed by atoms with Crippen molar-refractivity contribution in [1.82, 2.24) is 15.1 Å². The average molecular weight is 382 g/mol. The second-order valence-electron chi connectivity index (χ2n) is 6.34. The van der Waals surface area contributed by atoms with Crippen LogP contribution in [0.25, 0.3) is 0 Å². The number of hydrogen-bond donors (Lipinski definition) is 1. The molecule has 0 aliphatic carbocycles. The molecule has 1 heterocycles. The van der Waals surface area contributed by atoms with E-state index in [0.717, 1.165) is 18.4 Å². The maximum absolute atomic E-state index is 12.6. The van der Waals surface area contributed by atoms with E-state index in [4.69, 9.17) is 23.2 Å². The van der Waals surface area contributed by atoms with Crippen LogP contribution in [0.4, 0.5) is 0 Å². The highest BCUT2D eigenvalue weighted by atomic mass is 35.5. The Morgan fingerprint density at radius 2 is 1.92 bits per heavy atom. The molecule has 2 rings (SSSR count). The third kappa shape index (κ3) is 4.83. The number of halogens is 2. The Balaban J connectivity index is 2.22. The summed E-state index contributed by atoms with van der Waals surface area (Å²) in [6.45, 7) is 6.24. The molecule has 7 heteroatoms. The predicted molar refractivity (Wildman–Crippen MR) is 100 cm³/mol. The molecule has 0 aliphatic heterocycles. The molecule has 0 saturated carbocycles. The van der Waals surface area contributed by atoms with Gasteiger partial charge in [-0.15, -0.1) is 0 Å². The topological polar surface area (TPSA) is 64.0 Å². The first-order valence-corrected chi connectivity index (χ1v) is 8.86. The number of aromatic nitrogens is 2. The monoisotopic (exact) mass is 381 g/mol. The number of carbonyl (C=O) groups excluding carboxylic acids is 1. The quantitative estimate of drug-likeness (QED) is 0.821. The summed E-state index contributed by atoms with van der Waals surface area (Å²) in [7, 11) is 0. The van der Waals surface area contributed by atoms with Crippen LogP contribution < -0.4 is 10.9 Å². The first-order chi connectivity index (χ1) is 11.7. The van der Waals surface area contributed by atoms with E-state index in [1.165, 1.54) is 16.8 Å². The van der Waals surface area contributed by atoms with E-state index in [-0.39, 0.29) is 17.2 Å². The molecule has 0 saturated heterocycles. The predicted octanol–water partition coefficient (Wildman–Crippen LogP) is 4.02. The van der Waals surface area contributed by atoms with Crippen LogP contribution in [0.5, 0.6) is 0 Å². The molecule has 25 heavy (non-hydrogen) atoms. The fraction of sp³-hybridized carbons (Fsp3) is 0.389. The third-order valence-corrected chi connectivity index (χ3v) is 4.63. The van der Waals surface area contributed by atoms with Crippen LogP contribution in [-0.2, 0) is 12.1 Å². The van der Waals surface area contributed by atoms with Crippen LogP contribution in [0, 0.1) is 0 Å². The van der Waals surface area contributed by atoms with Gasteiger partial charge < -0.3 is 5.32 Å². The highest BCUT2D eigenvalue weighted by Gasteiger charge is 2.25. The van der Waals surface area contributed by atoms with E-state index >= 15 is 0 Å². The van der Waals surface area contributed by atoms with Gasteiger partial charge in [-0.3, -0.25) is 9.59 Å². The van der Waals surface area contributed by atoms with Gasteiger partial charge in [0.2, 0.25) is 0 Å². The maximum Gasteiger partial charge on any atom is 0.272 e. The average Bonchev–Trinajstić information content (AvgIpc) is 2.56. The Bertz CT molecular complexity index is 831. The summed E-state index contributed by atoms with van der Waals surface area (Å²) < 4.78 is 1.32. The van der Waals surface area contributed by atoms with Gasteiger partial charge >= 0.3 is 0 Å². The van der Waals surface area contributed by atoms with Crippen molar-refractivity contribution in [3.63, 3.8) is 0 Å². The lowest BCUT2D eigenvalue weighted by atomic mass is 9.94. The summed E-state index contributed by atoms with van der Waals surface area (Å²) >= 11 is 12.0. The molecule has 2 aromatic rings. The lowest BCUT2D eigenvalue weighted by molar-refractivity contribution is 0.0904. The van der Waals surface area contributed by atoms with Crippen LogP contribution in [0.2, 0.25) is 10.0 Å². The van der Waals surface area contributed by atoms with Gasteiger partial charge in [-0.05, 0) is 44.0 Å². The molecule has 0 unspecified atom stereocenters. The molecule has 0 bridgehead atoms. The van der Waals surface area contributed by atoms with Crippen LogP contribution in [-0.4, -0.2) is 15.7 Å². The number of benzene rings is 1. The Morgan fingerprint density at radius 3 is 2.56 bits per heavy atom. The molecule has 0 atom stereocenters. The SMILES string of the molecule is CCCCn1nc(C(=O)NC(C)(C)c2ccc(Cl)c(Cl)c2)ccc1=O. The fourth-order valence-corrected chi connectivity index (χ4v) is 2.64. The molecule has 1 N–H and O–H groups in total. The van der Waals surface area contributed by atoms with Crippen molar-refractivity contribution in [2.24, 2.45) is 0 Å². The number of unbranched alkanes of at least 4 members (excludes halogenated alkanes) is 1. The van der Waals surface area contributed by atoms with Crippen molar-refractivity contribution in [1.29, 1.82) is 0 Å². The van der Waals surface area contributed by atoms with E-state index < -0.39 is 5.54 Å². The molecule has 0 spiro atoms. The molecule has 1 aromatic heterocycles. The summed E-state index contributed by atoms with van der Waals surface area (Å²) in [4.78, 5) is 24.4. The van der Waals surface area contributed by atoms with Gasteiger partial charge in [0.25, 0.3) is 11.5 Å². The van der Waals surface area contributed by atoms with Gasteiger partial charge in [0.05, 0.1) is 15.6 Å². The van der Waals surface area contributed by atoms with Crippen LogP contribution in [0.1, 0.15) is 49.7 Å². The molecule has 134 valence electrons. The molecule has 1 aromatic carbocycles. The Morgan fingerprint density at radius 1 is 1.20 bits per heavy atom. The number of aryl methyl sites for hydroxylation is 1. The van der Waals surface area contributed by atoms with E-state index in [0.29, 0.717) is 16.6 Å². The van der Waals surface area contributed by atoms with Crippen LogP contribution in [0.15, 0.2) is 35.1 Å². The number of hydrogen-bond acceptors (Lipinski definition) is 3. The molecule has 1 amide bonds. The second-order valence-corrected chi connectivity index (χ2v) is 7.16. The standard InChI is InChI=1S/C18H21Cl2N3O2/c1-4-5-10-23-16(24)9-8-15(22-23)17(25)21-18(2,3)12-6-7-13(19)14(20)11-12/h6-9,11H,4-5,10H2,1-3H3,(H,21,25). The van der Waals surface area contributed by atoms with Crippen molar-refractivity contribution in [2.75, 3.05) is 0 Å². The van der Waals surface area contributed by atoms with Crippen molar-refractivity contribution >= 4 is 29.1 Å². The lowest BCUT2D eigenvalue weighted by Crippen LogP contribution is -2.42. The molecule has 0 fully saturated rings. The lowest BCUT2D eigenvalue weighted by Gasteiger charge is -2.27. The fourth-order valence-electron chi connectivity index (χ4n) is 2.34. The van der Waals surface area contributed by atoms with Crippen LogP contribution in [0.3, 0.4) is 0 Å². The summed E-state index contributed by atoms with van der Waals surface area (Å²) in [5, 5.41) is 7.96. The van der Waals surface area contributed by atoms with Gasteiger partial charge in [-0.2, -0.15) is 5.10 Å². The van der Waals surface area contributed by atoms with E-state index in [1.807, 2.05) is 26.8 Å². The number of nitrogens with one attached hydrogen (secondary N) is 1. The minimum atomic E-state index is -0.683. The third-order valence-electron chi connectivity index (χ3n) is 3.89. The maximum atomic E-state index is 12.6. The molecular formula is C18H21Cl2N3O2. The van der Waals surface area contributed by atoms with Crippen molar-refractivity contribution < 1.29 is 4.79 Å². The van der Waals surface area contributed by atoms with E-state index in [9.17, 15) is 9.59 Å². The largest absolute Gasteiger partial charge is 0.342 e. The Kier molecular flexibility index (Phi) is 6.25. The van der Waals surface area contributed by atoms with Gasteiger partial charge in [0.1, 0.15) is 5.69 Å². The molecule has 0 radical (unpaired) electrons. The van der Waals surface area contributed by atoms with Crippen molar-refractivity contribution in [3.05, 3.63) is 62.0 Å². The summed E-state index contributed by atoms with van der Waals surface area (Å²) in [5.74, 6) is -0.360. The number of rotatable bonds is 6. The summed E-state index contributed by atoms with van der Waals surface area (Å²) in [5.41, 5.74) is 0.115. The smallest absolute Gasteiger partial charge is 0.272 e. The highest BCUT2D eigenvalue weighted by Crippen LogP contribution is 2.28.